The minimum atomic E-state index is -1.13. The molecule has 0 radical (unpaired) electrons. The summed E-state index contributed by atoms with van der Waals surface area (Å²) in [5.74, 6) is -1.44. The van der Waals surface area contributed by atoms with Crippen LogP contribution in [0.4, 0.5) is 17.3 Å². The molecule has 0 saturated carbocycles. The number of nitrogens with zero attached hydrogens (tertiary/aromatic N) is 3. The molecule has 0 bridgehead atoms. The van der Waals surface area contributed by atoms with Crippen LogP contribution in [0.3, 0.4) is 0 Å². The van der Waals surface area contributed by atoms with E-state index in [1.165, 1.54) is 11.5 Å². The van der Waals surface area contributed by atoms with E-state index >= 15 is 0 Å². The van der Waals surface area contributed by atoms with Gasteiger partial charge in [-0.2, -0.15) is 4.98 Å². The van der Waals surface area contributed by atoms with Crippen molar-refractivity contribution in [1.82, 2.24) is 14.1 Å². The van der Waals surface area contributed by atoms with Gasteiger partial charge in [0.15, 0.2) is 0 Å². The molecular weight excluding hydrogens is 414 g/mol. The minimum absolute atomic E-state index is 0.0232. The van der Waals surface area contributed by atoms with Gasteiger partial charge in [-0.15, -0.1) is 0 Å². The number of rotatable bonds is 8. The molecule has 0 saturated heterocycles. The van der Waals surface area contributed by atoms with Crippen LogP contribution in [-0.2, 0) is 22.7 Å². The maximum atomic E-state index is 13.1. The van der Waals surface area contributed by atoms with Crippen LogP contribution < -0.4 is 22.0 Å². The van der Waals surface area contributed by atoms with Gasteiger partial charge in [0.25, 0.3) is 0 Å². The SMILES string of the molecule is CC(=O)Nc1ccccc1Nc1nc(=O)n(CCC(=O)O)c(=O)n1Cc1ccc(C)cc1. The largest absolute Gasteiger partial charge is 0.481 e. The Morgan fingerprint density at radius 1 is 1.00 bits per heavy atom. The zero-order valence-corrected chi connectivity index (χ0v) is 17.7. The Labute approximate surface area is 183 Å². The summed E-state index contributed by atoms with van der Waals surface area (Å²) in [6, 6.07) is 14.3. The van der Waals surface area contributed by atoms with Crippen molar-refractivity contribution in [1.29, 1.82) is 0 Å². The lowest BCUT2D eigenvalue weighted by molar-refractivity contribution is -0.137. The molecule has 3 rings (SSSR count). The molecule has 0 atom stereocenters. The smallest absolute Gasteiger partial charge is 0.354 e. The lowest BCUT2D eigenvalue weighted by Gasteiger charge is -2.17. The maximum absolute atomic E-state index is 13.1. The normalized spacial score (nSPS) is 10.6. The quantitative estimate of drug-likeness (QED) is 0.490. The van der Waals surface area contributed by atoms with Gasteiger partial charge in [0.2, 0.25) is 11.9 Å². The van der Waals surface area contributed by atoms with Crippen LogP contribution in [0.2, 0.25) is 0 Å². The van der Waals surface area contributed by atoms with Crippen LogP contribution in [0, 0.1) is 6.92 Å². The van der Waals surface area contributed by atoms with Gasteiger partial charge in [0.1, 0.15) is 0 Å². The van der Waals surface area contributed by atoms with Crippen molar-refractivity contribution in [3.05, 3.63) is 80.6 Å². The zero-order chi connectivity index (χ0) is 23.3. The first-order chi connectivity index (χ1) is 15.2. The van der Waals surface area contributed by atoms with Crippen molar-refractivity contribution in [3.63, 3.8) is 0 Å². The minimum Gasteiger partial charge on any atom is -0.481 e. The molecule has 0 unspecified atom stereocenters. The Morgan fingerprint density at radius 2 is 1.66 bits per heavy atom. The third-order valence-electron chi connectivity index (χ3n) is 4.64. The number of aromatic nitrogens is 3. The van der Waals surface area contributed by atoms with Crippen LogP contribution in [0.5, 0.6) is 0 Å². The van der Waals surface area contributed by atoms with Gasteiger partial charge in [0.05, 0.1) is 24.3 Å². The highest BCUT2D eigenvalue weighted by molar-refractivity contribution is 5.93. The molecule has 166 valence electrons. The lowest BCUT2D eigenvalue weighted by Crippen LogP contribution is -2.43. The van der Waals surface area contributed by atoms with Crippen molar-refractivity contribution in [2.24, 2.45) is 0 Å². The van der Waals surface area contributed by atoms with Gasteiger partial charge in [-0.3, -0.25) is 14.2 Å². The summed E-state index contributed by atoms with van der Waals surface area (Å²) in [6.07, 6.45) is -0.389. The highest BCUT2D eigenvalue weighted by Gasteiger charge is 2.16. The number of aryl methyl sites for hydroxylation is 1. The number of carbonyl (C=O) groups excluding carboxylic acids is 1. The molecule has 0 aliphatic carbocycles. The summed E-state index contributed by atoms with van der Waals surface area (Å²) in [4.78, 5) is 52.1. The molecule has 1 amide bonds. The number of hydrogen-bond acceptors (Lipinski definition) is 6. The van der Waals surface area contributed by atoms with Gasteiger partial charge in [-0.05, 0) is 24.6 Å². The highest BCUT2D eigenvalue weighted by Crippen LogP contribution is 2.24. The topological polar surface area (TPSA) is 135 Å². The molecule has 3 aromatic rings. The fourth-order valence-corrected chi connectivity index (χ4v) is 3.05. The van der Waals surface area contributed by atoms with E-state index in [0.717, 1.165) is 15.7 Å². The van der Waals surface area contributed by atoms with Crippen LogP contribution in [0.1, 0.15) is 24.5 Å². The van der Waals surface area contributed by atoms with E-state index in [4.69, 9.17) is 5.11 Å². The van der Waals surface area contributed by atoms with Crippen LogP contribution >= 0.6 is 0 Å². The molecular formula is C22H23N5O5. The molecule has 32 heavy (non-hydrogen) atoms. The molecule has 10 heteroatoms. The van der Waals surface area contributed by atoms with E-state index in [1.54, 1.807) is 24.3 Å². The second-order valence-corrected chi connectivity index (χ2v) is 7.22. The third kappa shape index (κ3) is 5.48. The van der Waals surface area contributed by atoms with Gasteiger partial charge >= 0.3 is 17.3 Å². The number of para-hydroxylation sites is 2. The van der Waals surface area contributed by atoms with Gasteiger partial charge in [-0.1, -0.05) is 42.0 Å². The summed E-state index contributed by atoms with van der Waals surface area (Å²) in [5, 5.41) is 14.6. The first-order valence-electron chi connectivity index (χ1n) is 9.87. The van der Waals surface area contributed by atoms with Crippen LogP contribution in [-0.4, -0.2) is 31.1 Å². The first-order valence-corrected chi connectivity index (χ1v) is 9.87. The number of anilines is 3. The number of carbonyl (C=O) groups is 2. The number of carboxylic acid groups (broad SMARTS) is 1. The fraction of sp³-hybridized carbons (Fsp3) is 0.227. The van der Waals surface area contributed by atoms with E-state index in [1.807, 2.05) is 31.2 Å². The van der Waals surface area contributed by atoms with E-state index in [-0.39, 0.29) is 31.4 Å². The van der Waals surface area contributed by atoms with Crippen LogP contribution in [0.15, 0.2) is 58.1 Å². The summed E-state index contributed by atoms with van der Waals surface area (Å²) >= 11 is 0. The number of benzene rings is 2. The lowest BCUT2D eigenvalue weighted by atomic mass is 10.1. The van der Waals surface area contributed by atoms with Crippen molar-refractivity contribution in [2.75, 3.05) is 10.6 Å². The molecule has 1 aromatic heterocycles. The second kappa shape index (κ2) is 9.73. The molecule has 0 aliphatic rings. The predicted molar refractivity (Wildman–Crippen MR) is 119 cm³/mol. The molecule has 0 spiro atoms. The van der Waals surface area contributed by atoms with E-state index in [2.05, 4.69) is 15.6 Å². The average Bonchev–Trinajstić information content (AvgIpc) is 2.73. The summed E-state index contributed by atoms with van der Waals surface area (Å²) in [6.45, 7) is 3.11. The fourth-order valence-electron chi connectivity index (χ4n) is 3.05. The third-order valence-corrected chi connectivity index (χ3v) is 4.64. The average molecular weight is 437 g/mol. The van der Waals surface area contributed by atoms with Gasteiger partial charge < -0.3 is 15.7 Å². The van der Waals surface area contributed by atoms with E-state index in [0.29, 0.717) is 11.4 Å². The first kappa shape index (κ1) is 22.5. The maximum Gasteiger partial charge on any atom is 0.354 e. The molecule has 1 heterocycles. The van der Waals surface area contributed by atoms with E-state index < -0.39 is 17.3 Å². The number of amides is 1. The Hall–Kier alpha value is -4.21. The molecule has 3 N–H and O–H groups in total. The van der Waals surface area contributed by atoms with Gasteiger partial charge in [-0.25, -0.2) is 14.2 Å². The standard InChI is InChI=1S/C22H23N5O5/c1-14-7-9-16(10-8-14)13-27-20(24-18-6-4-3-5-17(18)23-15(2)28)25-21(31)26(22(27)32)12-11-19(29)30/h3-10H,11-13H2,1-2H3,(H,23,28)(H,29,30)(H,24,25,31). The van der Waals surface area contributed by atoms with Crippen molar-refractivity contribution in [2.45, 2.75) is 33.4 Å². The van der Waals surface area contributed by atoms with Crippen molar-refractivity contribution in [3.8, 4) is 0 Å². The van der Waals surface area contributed by atoms with E-state index in [9.17, 15) is 19.2 Å². The summed E-state index contributed by atoms with van der Waals surface area (Å²) in [7, 11) is 0. The van der Waals surface area contributed by atoms with Crippen molar-refractivity contribution >= 4 is 29.2 Å². The number of hydrogen-bond donors (Lipinski definition) is 3. The Balaban J connectivity index is 2.09. The molecule has 10 nitrogen and oxygen atoms in total. The van der Waals surface area contributed by atoms with Crippen molar-refractivity contribution < 1.29 is 14.7 Å². The predicted octanol–water partition coefficient (Wildman–Crippen LogP) is 1.94. The summed E-state index contributed by atoms with van der Waals surface area (Å²) < 4.78 is 2.06. The Morgan fingerprint density at radius 3 is 2.28 bits per heavy atom. The molecule has 0 aliphatic heterocycles. The number of aliphatic carboxylic acids is 1. The highest BCUT2D eigenvalue weighted by atomic mass is 16.4. The molecule has 0 fully saturated rings. The second-order valence-electron chi connectivity index (χ2n) is 7.22. The van der Waals surface area contributed by atoms with Crippen LogP contribution in [0.25, 0.3) is 0 Å². The number of nitrogens with one attached hydrogen (secondary N) is 2. The monoisotopic (exact) mass is 437 g/mol. The molecule has 2 aromatic carbocycles. The Bertz CT molecular complexity index is 1260. The zero-order valence-electron chi connectivity index (χ0n) is 17.7. The van der Waals surface area contributed by atoms with Gasteiger partial charge in [0, 0.05) is 13.5 Å². The Kier molecular flexibility index (Phi) is 6.83. The summed E-state index contributed by atoms with van der Waals surface area (Å²) in [5.41, 5.74) is 1.18. The number of carboxylic acids is 1.